The molecule has 4 aliphatic heterocycles. The van der Waals surface area contributed by atoms with E-state index >= 15 is 0 Å². The van der Waals surface area contributed by atoms with Gasteiger partial charge in [-0.3, -0.25) is 4.39 Å². The maximum Gasteiger partial charge on any atom is 1.00 e. The molecule has 0 bridgehead atoms. The van der Waals surface area contributed by atoms with Gasteiger partial charge in [0.05, 0.1) is 6.67 Å². The van der Waals surface area contributed by atoms with E-state index in [2.05, 4.69) is 81.8 Å². The average molecular weight is 1090 g/mol. The molecule has 1 saturated heterocycles. The maximum absolute atomic E-state index is 13.0. The molecule has 410 valence electrons. The van der Waals surface area contributed by atoms with Gasteiger partial charge in [-0.1, -0.05) is 49.1 Å². The molecule has 4 unspecified atom stereocenters. The van der Waals surface area contributed by atoms with Crippen LogP contribution in [0, 0.1) is 0 Å². The number of hydrogen-bond donors (Lipinski definition) is 4. The maximum atomic E-state index is 13.0. The summed E-state index contributed by atoms with van der Waals surface area (Å²) in [6.07, 6.45) is 28.6. The normalized spacial score (nSPS) is 22.4. The molecular formula is C59H67BFN12NaO6. The van der Waals surface area contributed by atoms with E-state index in [9.17, 15) is 9.50 Å². The van der Waals surface area contributed by atoms with Gasteiger partial charge in [0, 0.05) is 98.8 Å². The van der Waals surface area contributed by atoms with Crippen LogP contribution >= 0.6 is 0 Å². The zero-order chi connectivity index (χ0) is 55.4. The number of alkyl halides is 1. The van der Waals surface area contributed by atoms with Gasteiger partial charge in [0.2, 0.25) is 0 Å². The number of nitrogens with two attached hydrogens (primary N) is 3. The summed E-state index contributed by atoms with van der Waals surface area (Å²) in [7, 11) is 6.06. The molecule has 3 aromatic carbocycles. The van der Waals surface area contributed by atoms with Crippen molar-refractivity contribution in [2.45, 2.75) is 106 Å². The first-order chi connectivity index (χ1) is 38.5. The Labute approximate surface area is 489 Å². The van der Waals surface area contributed by atoms with Crippen molar-refractivity contribution >= 4 is 32.0 Å². The Morgan fingerprint density at radius 2 is 1.00 bits per heavy atom. The molecule has 3 aromatic heterocycles. The van der Waals surface area contributed by atoms with Crippen molar-refractivity contribution in [3.05, 3.63) is 149 Å². The van der Waals surface area contributed by atoms with Gasteiger partial charge < -0.3 is 46.4 Å². The summed E-state index contributed by atoms with van der Waals surface area (Å²) in [5, 5.41) is 17.7. The number of nitrogens with zero attached hydrogens (tertiary/aromatic N) is 9. The molecule has 6 aromatic rings. The van der Waals surface area contributed by atoms with Crippen molar-refractivity contribution in [3.8, 4) is 33.4 Å². The first-order valence-corrected chi connectivity index (χ1v) is 26.7. The topological polar surface area (TPSA) is 273 Å². The summed E-state index contributed by atoms with van der Waals surface area (Å²) in [5.41, 5.74) is 34.0. The molecule has 80 heavy (non-hydrogen) atoms. The van der Waals surface area contributed by atoms with Crippen molar-refractivity contribution in [1.82, 2.24) is 29.9 Å². The zero-order valence-corrected chi connectivity index (χ0v) is 47.7. The van der Waals surface area contributed by atoms with Crippen LogP contribution in [0.15, 0.2) is 114 Å². The SMILES string of the molecule is C=Cc1ccc(-c2cncnc2)c2c1CC1(CC2)COC(N)=N1.C[O-].NC1=NC2(CCc3c(-c4cncnc4)ccc(CCF)c3C2)CO1.NC1=NC2(CCc3c(-c4cncnc4)ccc(CCO)c3C2)CO1.[B]C1CCCO1.[Na+]. The quantitative estimate of drug-likeness (QED) is 0.159. The van der Waals surface area contributed by atoms with Crippen molar-refractivity contribution < 1.29 is 63.1 Å². The van der Waals surface area contributed by atoms with Crippen LogP contribution in [0.25, 0.3) is 39.5 Å². The third kappa shape index (κ3) is 13.6. The molecule has 3 spiro atoms. The van der Waals surface area contributed by atoms with Crippen LogP contribution in [0.5, 0.6) is 0 Å². The van der Waals surface area contributed by atoms with Gasteiger partial charge in [-0.15, -0.1) is 0 Å². The van der Waals surface area contributed by atoms with Crippen LogP contribution in [0.2, 0.25) is 0 Å². The van der Waals surface area contributed by atoms with Crippen LogP contribution in [-0.4, -0.2) is 130 Å². The predicted octanol–water partition coefficient (Wildman–Crippen LogP) is 2.11. The molecule has 2 radical (unpaired) electrons. The number of benzene rings is 3. The summed E-state index contributed by atoms with van der Waals surface area (Å²) in [6, 6.07) is 13.4. The van der Waals surface area contributed by atoms with Crippen molar-refractivity contribution in [2.75, 3.05) is 46.8 Å². The second-order valence-electron chi connectivity index (χ2n) is 20.6. The molecule has 3 aliphatic carbocycles. The van der Waals surface area contributed by atoms with Crippen LogP contribution < -0.4 is 51.9 Å². The zero-order valence-electron chi connectivity index (χ0n) is 45.7. The average Bonchev–Trinajstić information content (AvgIpc) is 4.33. The first-order valence-electron chi connectivity index (χ1n) is 26.7. The van der Waals surface area contributed by atoms with Gasteiger partial charge in [-0.05, 0) is 125 Å². The largest absolute Gasteiger partial charge is 1.00 e. The third-order valence-electron chi connectivity index (χ3n) is 15.6. The van der Waals surface area contributed by atoms with Crippen molar-refractivity contribution in [1.29, 1.82) is 0 Å². The van der Waals surface area contributed by atoms with E-state index in [0.29, 0.717) is 38.7 Å². The van der Waals surface area contributed by atoms with Crippen molar-refractivity contribution in [2.24, 2.45) is 32.2 Å². The second-order valence-corrected chi connectivity index (χ2v) is 20.6. The fourth-order valence-electron chi connectivity index (χ4n) is 11.8. The monoisotopic (exact) mass is 1090 g/mol. The van der Waals surface area contributed by atoms with Crippen LogP contribution in [-0.2, 0) is 70.3 Å². The summed E-state index contributed by atoms with van der Waals surface area (Å²) in [6.45, 7) is 6.19. The van der Waals surface area contributed by atoms with E-state index in [1.165, 1.54) is 50.8 Å². The number of aromatic nitrogens is 6. The van der Waals surface area contributed by atoms with Gasteiger partial charge in [-0.25, -0.2) is 44.9 Å². The molecule has 7 heterocycles. The van der Waals surface area contributed by atoms with Crippen LogP contribution in [0.1, 0.15) is 82.2 Å². The minimum atomic E-state index is -0.366. The fourth-order valence-corrected chi connectivity index (χ4v) is 11.8. The van der Waals surface area contributed by atoms with E-state index < -0.39 is 0 Å². The van der Waals surface area contributed by atoms with Crippen LogP contribution in [0.4, 0.5) is 4.39 Å². The predicted molar refractivity (Wildman–Crippen MR) is 301 cm³/mol. The number of fused-ring (bicyclic) bond motifs is 3. The number of halogens is 1. The van der Waals surface area contributed by atoms with Crippen LogP contribution in [0.3, 0.4) is 0 Å². The summed E-state index contributed by atoms with van der Waals surface area (Å²) < 4.78 is 34.2. The van der Waals surface area contributed by atoms with Crippen molar-refractivity contribution in [3.63, 3.8) is 0 Å². The minimum absolute atomic E-state index is 0. The number of aliphatic imine (C=N–C) groups is 3. The molecule has 0 amide bonds. The standard InChI is InChI=1S/C18H19FN4O.C18H20N4O2.C18H18N4O.C4H7BO.CH3O.Na/c19-6-4-12-1-2-14(13-8-21-11-22-9-13)15-3-5-18(7-16(12)15)10-24-17(20)23-18;19-17-22-18(10-24-17)5-3-15-14(13-8-20-11-21-9-13)2-1-12(4-6-23)16(15)7-18;1-2-12-3-4-14(13-8-20-11-21-9-13)15-5-6-18(7-16(12)15)10-23-17(19)22-18;5-4-2-1-3-6-4;1-2;/h1-2,8-9,11H,3-7,10H2,(H2,20,23);1-2,8-9,11,23H,3-7,10H2,(H2,19,22);2-4,8-9,11H,1,5-7,10H2,(H2,19,22);4H,1-3H2;1H3;/q;;;;-1;+1. The summed E-state index contributed by atoms with van der Waals surface area (Å²) >= 11 is 0. The van der Waals surface area contributed by atoms with Gasteiger partial charge in [-0.2, -0.15) is 7.11 Å². The van der Waals surface area contributed by atoms with Gasteiger partial charge >= 0.3 is 29.6 Å². The molecule has 21 heteroatoms. The molecule has 4 atom stereocenters. The Bertz CT molecular complexity index is 3040. The summed E-state index contributed by atoms with van der Waals surface area (Å²) in [5.74, 6) is 0. The Morgan fingerprint density at radius 3 is 1.32 bits per heavy atom. The van der Waals surface area contributed by atoms with E-state index in [1.54, 1.807) is 12.7 Å². The van der Waals surface area contributed by atoms with E-state index in [-0.39, 0.29) is 77.5 Å². The number of aliphatic hydroxyl groups is 1. The molecular weight excluding hydrogens is 1030 g/mol. The number of aliphatic hydroxyl groups excluding tert-OH is 1. The Balaban J connectivity index is 0.000000146. The minimum Gasteiger partial charge on any atom is -0.857 e. The van der Waals surface area contributed by atoms with Gasteiger partial charge in [0.1, 0.15) is 63.3 Å². The Hall–Kier alpha value is -6.68. The second kappa shape index (κ2) is 27.2. The number of amidine groups is 3. The number of rotatable bonds is 8. The molecule has 1 fully saturated rings. The van der Waals surface area contributed by atoms with E-state index in [0.717, 1.165) is 123 Å². The molecule has 18 nitrogen and oxygen atoms in total. The van der Waals surface area contributed by atoms with E-state index in [4.69, 9.17) is 49.1 Å². The summed E-state index contributed by atoms with van der Waals surface area (Å²) in [4.78, 5) is 38.5. The smallest absolute Gasteiger partial charge is 0.857 e. The van der Waals surface area contributed by atoms with Gasteiger partial charge in [0.25, 0.3) is 18.1 Å². The van der Waals surface area contributed by atoms with Gasteiger partial charge in [0.15, 0.2) is 0 Å². The Morgan fingerprint density at radius 1 is 0.613 bits per heavy atom. The Kier molecular flexibility index (Phi) is 20.2. The number of aryl methyl sites for hydroxylation is 1. The molecule has 7 N–H and O–H groups in total. The third-order valence-corrected chi connectivity index (χ3v) is 15.6. The number of hydrogen-bond acceptors (Lipinski definition) is 18. The molecule has 7 aliphatic rings. The van der Waals surface area contributed by atoms with E-state index in [1.807, 2.05) is 49.3 Å². The first kappa shape index (κ1) is 59.4. The number of ether oxygens (including phenoxy) is 4. The fraction of sp³-hybridized carbons (Fsp3) is 0.407. The molecule has 13 rings (SSSR count). The molecule has 0 saturated carbocycles.